The van der Waals surface area contributed by atoms with E-state index in [9.17, 15) is 0 Å². The fourth-order valence-electron chi connectivity index (χ4n) is 2.67. The highest BCUT2D eigenvalue weighted by atomic mass is 79.9. The molecule has 1 unspecified atom stereocenters. The van der Waals surface area contributed by atoms with Gasteiger partial charge in [0.25, 0.3) is 0 Å². The lowest BCUT2D eigenvalue weighted by Gasteiger charge is -2.18. The van der Waals surface area contributed by atoms with E-state index in [1.165, 1.54) is 22.1 Å². The highest BCUT2D eigenvalue weighted by molar-refractivity contribution is 9.10. The van der Waals surface area contributed by atoms with Crippen LogP contribution in [0.15, 0.2) is 59.1 Å². The molecule has 2 aromatic rings. The van der Waals surface area contributed by atoms with Crippen molar-refractivity contribution in [3.8, 4) is 0 Å². The second-order valence-electron chi connectivity index (χ2n) is 4.82. The summed E-state index contributed by atoms with van der Waals surface area (Å²) in [7, 11) is 0. The van der Waals surface area contributed by atoms with E-state index < -0.39 is 0 Å². The minimum Gasteiger partial charge on any atom is -0.371 e. The zero-order chi connectivity index (χ0) is 12.4. The molecule has 1 aliphatic heterocycles. The van der Waals surface area contributed by atoms with Crippen LogP contribution in [0.2, 0.25) is 0 Å². The SMILES string of the molecule is Brc1cccc(C2CCN(c3ccccc3)C2)c1. The summed E-state index contributed by atoms with van der Waals surface area (Å²) >= 11 is 3.56. The van der Waals surface area contributed by atoms with Crippen LogP contribution in [0, 0.1) is 0 Å². The fraction of sp³-hybridized carbons (Fsp3) is 0.250. The second kappa shape index (κ2) is 5.15. The summed E-state index contributed by atoms with van der Waals surface area (Å²) in [5.74, 6) is 0.655. The molecule has 1 fully saturated rings. The van der Waals surface area contributed by atoms with E-state index in [1.54, 1.807) is 0 Å². The summed E-state index contributed by atoms with van der Waals surface area (Å²) in [4.78, 5) is 2.48. The summed E-state index contributed by atoms with van der Waals surface area (Å²) in [6, 6.07) is 19.4. The summed E-state index contributed by atoms with van der Waals surface area (Å²) in [5, 5.41) is 0. The van der Waals surface area contributed by atoms with Crippen molar-refractivity contribution in [2.24, 2.45) is 0 Å². The average molecular weight is 302 g/mol. The number of hydrogen-bond donors (Lipinski definition) is 0. The Balaban J connectivity index is 1.76. The first kappa shape index (κ1) is 11.8. The Kier molecular flexibility index (Phi) is 3.37. The lowest BCUT2D eigenvalue weighted by molar-refractivity contribution is 0.774. The highest BCUT2D eigenvalue weighted by Gasteiger charge is 2.23. The van der Waals surface area contributed by atoms with Crippen LogP contribution in [-0.2, 0) is 0 Å². The molecule has 0 aromatic heterocycles. The molecule has 1 nitrogen and oxygen atoms in total. The van der Waals surface area contributed by atoms with Gasteiger partial charge in [-0.15, -0.1) is 0 Å². The molecule has 0 spiro atoms. The fourth-order valence-corrected chi connectivity index (χ4v) is 3.08. The monoisotopic (exact) mass is 301 g/mol. The van der Waals surface area contributed by atoms with Gasteiger partial charge in [0, 0.05) is 29.2 Å². The second-order valence-corrected chi connectivity index (χ2v) is 5.74. The number of anilines is 1. The normalized spacial score (nSPS) is 19.2. The van der Waals surface area contributed by atoms with E-state index in [1.807, 2.05) is 0 Å². The Labute approximate surface area is 117 Å². The van der Waals surface area contributed by atoms with E-state index in [-0.39, 0.29) is 0 Å². The molecular formula is C16H16BrN. The van der Waals surface area contributed by atoms with E-state index in [4.69, 9.17) is 0 Å². The van der Waals surface area contributed by atoms with E-state index in [0.29, 0.717) is 5.92 Å². The van der Waals surface area contributed by atoms with Crippen LogP contribution >= 0.6 is 15.9 Å². The quantitative estimate of drug-likeness (QED) is 0.792. The van der Waals surface area contributed by atoms with Gasteiger partial charge in [-0.25, -0.2) is 0 Å². The standard InChI is InChI=1S/C16H16BrN/c17-15-6-4-5-13(11-15)14-9-10-18(12-14)16-7-2-1-3-8-16/h1-8,11,14H,9-10,12H2. The minimum absolute atomic E-state index is 0.655. The molecule has 1 aliphatic rings. The van der Waals surface area contributed by atoms with Crippen LogP contribution in [-0.4, -0.2) is 13.1 Å². The molecule has 0 aliphatic carbocycles. The van der Waals surface area contributed by atoms with Gasteiger partial charge >= 0.3 is 0 Å². The van der Waals surface area contributed by atoms with Crippen molar-refractivity contribution in [1.82, 2.24) is 0 Å². The molecule has 1 saturated heterocycles. The Bertz CT molecular complexity index is 524. The molecule has 18 heavy (non-hydrogen) atoms. The summed E-state index contributed by atoms with van der Waals surface area (Å²) < 4.78 is 1.18. The third kappa shape index (κ3) is 2.44. The van der Waals surface area contributed by atoms with Gasteiger partial charge in [-0.05, 0) is 36.2 Å². The molecule has 1 atom stereocenters. The van der Waals surface area contributed by atoms with Crippen molar-refractivity contribution in [2.45, 2.75) is 12.3 Å². The van der Waals surface area contributed by atoms with Crippen molar-refractivity contribution in [1.29, 1.82) is 0 Å². The van der Waals surface area contributed by atoms with Gasteiger partial charge in [-0.1, -0.05) is 46.3 Å². The van der Waals surface area contributed by atoms with E-state index >= 15 is 0 Å². The molecule has 1 heterocycles. The van der Waals surface area contributed by atoms with Gasteiger partial charge in [0.15, 0.2) is 0 Å². The first-order valence-corrected chi connectivity index (χ1v) is 7.18. The maximum Gasteiger partial charge on any atom is 0.0366 e. The van der Waals surface area contributed by atoms with E-state index in [0.717, 1.165) is 13.1 Å². The van der Waals surface area contributed by atoms with Crippen LogP contribution in [0.5, 0.6) is 0 Å². The van der Waals surface area contributed by atoms with Crippen LogP contribution < -0.4 is 4.90 Å². The van der Waals surface area contributed by atoms with Gasteiger partial charge in [0.1, 0.15) is 0 Å². The molecule has 2 aromatic carbocycles. The Morgan fingerprint density at radius 2 is 1.83 bits per heavy atom. The molecule has 92 valence electrons. The number of nitrogens with zero attached hydrogens (tertiary/aromatic N) is 1. The summed E-state index contributed by atoms with van der Waals surface area (Å²) in [6.45, 7) is 2.28. The molecule has 3 rings (SSSR count). The topological polar surface area (TPSA) is 3.24 Å². The van der Waals surface area contributed by atoms with Crippen LogP contribution in [0.1, 0.15) is 17.9 Å². The first-order valence-electron chi connectivity index (χ1n) is 6.38. The largest absolute Gasteiger partial charge is 0.371 e. The zero-order valence-corrected chi connectivity index (χ0v) is 11.8. The number of rotatable bonds is 2. The molecule has 0 bridgehead atoms. The maximum atomic E-state index is 3.56. The molecule has 0 radical (unpaired) electrons. The van der Waals surface area contributed by atoms with E-state index in [2.05, 4.69) is 75.4 Å². The lowest BCUT2D eigenvalue weighted by Crippen LogP contribution is -2.18. The van der Waals surface area contributed by atoms with Crippen molar-refractivity contribution >= 4 is 21.6 Å². The van der Waals surface area contributed by atoms with Crippen molar-refractivity contribution < 1.29 is 0 Å². The van der Waals surface area contributed by atoms with Crippen LogP contribution in [0.25, 0.3) is 0 Å². The number of halogens is 1. The number of para-hydroxylation sites is 1. The van der Waals surface area contributed by atoms with Gasteiger partial charge in [-0.3, -0.25) is 0 Å². The zero-order valence-electron chi connectivity index (χ0n) is 10.2. The smallest absolute Gasteiger partial charge is 0.0366 e. The van der Waals surface area contributed by atoms with Gasteiger partial charge < -0.3 is 4.90 Å². The highest BCUT2D eigenvalue weighted by Crippen LogP contribution is 2.31. The third-order valence-electron chi connectivity index (χ3n) is 3.63. The number of benzene rings is 2. The van der Waals surface area contributed by atoms with Gasteiger partial charge in [0.05, 0.1) is 0 Å². The average Bonchev–Trinajstić information content (AvgIpc) is 2.89. The molecule has 2 heteroatoms. The minimum atomic E-state index is 0.655. The first-order chi connectivity index (χ1) is 8.83. The maximum absolute atomic E-state index is 3.56. The Morgan fingerprint density at radius 1 is 1.00 bits per heavy atom. The van der Waals surface area contributed by atoms with Gasteiger partial charge in [-0.2, -0.15) is 0 Å². The predicted octanol–water partition coefficient (Wildman–Crippen LogP) is 4.44. The van der Waals surface area contributed by atoms with Gasteiger partial charge in [0.2, 0.25) is 0 Å². The molecular weight excluding hydrogens is 286 g/mol. The summed E-state index contributed by atoms with van der Waals surface area (Å²) in [5.41, 5.74) is 2.79. The summed E-state index contributed by atoms with van der Waals surface area (Å²) in [6.07, 6.45) is 1.24. The molecule has 0 saturated carbocycles. The third-order valence-corrected chi connectivity index (χ3v) is 4.12. The van der Waals surface area contributed by atoms with Crippen LogP contribution in [0.3, 0.4) is 0 Å². The lowest BCUT2D eigenvalue weighted by atomic mass is 9.99. The van der Waals surface area contributed by atoms with Crippen molar-refractivity contribution in [2.75, 3.05) is 18.0 Å². The molecule has 0 N–H and O–H groups in total. The van der Waals surface area contributed by atoms with Crippen molar-refractivity contribution in [3.05, 3.63) is 64.6 Å². The Hall–Kier alpha value is -1.28. The van der Waals surface area contributed by atoms with Crippen LogP contribution in [0.4, 0.5) is 5.69 Å². The predicted molar refractivity (Wildman–Crippen MR) is 80.2 cm³/mol. The Morgan fingerprint density at radius 3 is 2.61 bits per heavy atom. The number of hydrogen-bond acceptors (Lipinski definition) is 1. The van der Waals surface area contributed by atoms with Crippen molar-refractivity contribution in [3.63, 3.8) is 0 Å². The molecule has 0 amide bonds.